The van der Waals surface area contributed by atoms with Crippen molar-refractivity contribution in [3.05, 3.63) is 46.5 Å². The van der Waals surface area contributed by atoms with Crippen molar-refractivity contribution in [3.63, 3.8) is 0 Å². The quantitative estimate of drug-likeness (QED) is 0.481. The van der Waals surface area contributed by atoms with E-state index in [0.29, 0.717) is 5.75 Å². The number of alkyl halides is 1. The SMILES string of the molecule is CCC(=O)O[C@H]1O[C@@H](n2c(=O)n(Cc3cccc(OC)c3)c3cnc(N)nc32)[C@H](OC(C)=O)[C@H]1F. The topological polar surface area (TPSA) is 150 Å². The van der Waals surface area contributed by atoms with E-state index in [-0.39, 0.29) is 30.1 Å². The summed E-state index contributed by atoms with van der Waals surface area (Å²) in [6.45, 7) is 2.71. The van der Waals surface area contributed by atoms with Gasteiger partial charge in [-0.15, -0.1) is 0 Å². The highest BCUT2D eigenvalue weighted by atomic mass is 19.1. The van der Waals surface area contributed by atoms with E-state index in [1.807, 2.05) is 0 Å². The van der Waals surface area contributed by atoms with Crippen LogP contribution in [0.25, 0.3) is 11.2 Å². The van der Waals surface area contributed by atoms with Crippen LogP contribution in [0.15, 0.2) is 35.3 Å². The number of imidazole rings is 1. The van der Waals surface area contributed by atoms with Crippen molar-refractivity contribution in [3.8, 4) is 5.75 Å². The first-order valence-electron chi connectivity index (χ1n) is 10.8. The Bertz CT molecular complexity index is 1320. The summed E-state index contributed by atoms with van der Waals surface area (Å²) in [5.74, 6) is -1.08. The number of nitrogen functional groups attached to an aromatic ring is 1. The van der Waals surface area contributed by atoms with E-state index < -0.39 is 42.4 Å². The number of fused-ring (bicyclic) bond motifs is 1. The lowest BCUT2D eigenvalue weighted by atomic mass is 10.2. The van der Waals surface area contributed by atoms with Gasteiger partial charge in [0, 0.05) is 13.3 Å². The Hall–Kier alpha value is -4.00. The van der Waals surface area contributed by atoms with Crippen molar-refractivity contribution >= 4 is 29.1 Å². The monoisotopic (exact) mass is 489 g/mol. The number of methoxy groups -OCH3 is 1. The predicted molar refractivity (Wildman–Crippen MR) is 119 cm³/mol. The number of anilines is 1. The number of nitrogens with two attached hydrogens (primary N) is 1. The van der Waals surface area contributed by atoms with Crippen LogP contribution < -0.4 is 16.2 Å². The molecule has 13 heteroatoms. The number of esters is 2. The maximum atomic E-state index is 15.2. The van der Waals surface area contributed by atoms with Gasteiger partial charge in [-0.25, -0.2) is 18.7 Å². The molecule has 1 saturated heterocycles. The van der Waals surface area contributed by atoms with Gasteiger partial charge in [0.2, 0.25) is 18.4 Å². The molecule has 1 fully saturated rings. The fraction of sp³-hybridized carbons (Fsp3) is 0.409. The molecule has 0 spiro atoms. The smallest absolute Gasteiger partial charge is 0.332 e. The van der Waals surface area contributed by atoms with Crippen molar-refractivity contribution in [1.29, 1.82) is 0 Å². The molecule has 2 aromatic heterocycles. The summed E-state index contributed by atoms with van der Waals surface area (Å²) < 4.78 is 38.6. The van der Waals surface area contributed by atoms with E-state index in [1.165, 1.54) is 24.8 Å². The Morgan fingerprint density at radius 1 is 1.29 bits per heavy atom. The molecule has 3 heterocycles. The lowest BCUT2D eigenvalue weighted by molar-refractivity contribution is -0.188. The van der Waals surface area contributed by atoms with Gasteiger partial charge in [0.1, 0.15) is 11.3 Å². The number of hydrogen-bond donors (Lipinski definition) is 1. The van der Waals surface area contributed by atoms with Crippen LogP contribution in [-0.2, 0) is 30.3 Å². The molecule has 12 nitrogen and oxygen atoms in total. The molecule has 0 unspecified atom stereocenters. The summed E-state index contributed by atoms with van der Waals surface area (Å²) in [6, 6.07) is 7.07. The third-order valence-electron chi connectivity index (χ3n) is 5.42. The van der Waals surface area contributed by atoms with Crippen LogP contribution in [0.2, 0.25) is 0 Å². The molecule has 0 amide bonds. The second kappa shape index (κ2) is 9.70. The van der Waals surface area contributed by atoms with E-state index in [2.05, 4.69) is 9.97 Å². The second-order valence-corrected chi connectivity index (χ2v) is 7.78. The van der Waals surface area contributed by atoms with Crippen molar-refractivity contribution in [1.82, 2.24) is 19.1 Å². The summed E-state index contributed by atoms with van der Waals surface area (Å²) in [5, 5.41) is 0. The highest BCUT2D eigenvalue weighted by Gasteiger charge is 2.51. The van der Waals surface area contributed by atoms with Gasteiger partial charge in [-0.3, -0.25) is 14.2 Å². The standard InChI is InChI=1S/C22H24FN5O7/c1-4-15(30)34-20-16(23)17(33-11(2)29)19(35-20)28-18-14(9-25-21(24)26-18)27(22(28)31)10-12-6-5-7-13(8-12)32-3/h5-9,16-17,19-20H,4,10H2,1-3H3,(H2,24,25,26)/t16-,17-,19-,20+/m1/s1. The second-order valence-electron chi connectivity index (χ2n) is 7.78. The lowest BCUT2D eigenvalue weighted by Crippen LogP contribution is -2.37. The molecule has 3 aromatic rings. The summed E-state index contributed by atoms with van der Waals surface area (Å²) in [4.78, 5) is 45.2. The zero-order chi connectivity index (χ0) is 25.3. The van der Waals surface area contributed by atoms with Crippen molar-refractivity contribution in [2.45, 2.75) is 51.6 Å². The first kappa shape index (κ1) is 24.1. The molecular weight excluding hydrogens is 465 g/mol. The van der Waals surface area contributed by atoms with Crippen molar-refractivity contribution < 1.29 is 32.9 Å². The summed E-state index contributed by atoms with van der Waals surface area (Å²) in [7, 11) is 1.52. The minimum absolute atomic E-state index is 0.0287. The average Bonchev–Trinajstić information content (AvgIpc) is 3.26. The number of hydrogen-bond acceptors (Lipinski definition) is 10. The summed E-state index contributed by atoms with van der Waals surface area (Å²) in [5.41, 5.74) is 6.14. The number of nitrogens with zero attached hydrogens (tertiary/aromatic N) is 4. The van der Waals surface area contributed by atoms with Crippen LogP contribution in [0.4, 0.5) is 10.3 Å². The zero-order valence-corrected chi connectivity index (χ0v) is 19.2. The molecule has 4 atom stereocenters. The Kier molecular flexibility index (Phi) is 6.69. The molecule has 0 aliphatic carbocycles. The van der Waals surface area contributed by atoms with Crippen molar-refractivity contribution in [2.24, 2.45) is 0 Å². The van der Waals surface area contributed by atoms with Gasteiger partial charge < -0.3 is 24.7 Å². The van der Waals surface area contributed by atoms with E-state index in [4.69, 9.17) is 24.7 Å². The number of aromatic nitrogens is 4. The maximum Gasteiger partial charge on any atom is 0.332 e. The van der Waals surface area contributed by atoms with Crippen LogP contribution in [0.5, 0.6) is 5.75 Å². The van der Waals surface area contributed by atoms with Gasteiger partial charge in [0.05, 0.1) is 19.9 Å². The third-order valence-corrected chi connectivity index (χ3v) is 5.42. The van der Waals surface area contributed by atoms with Crippen molar-refractivity contribution in [2.75, 3.05) is 12.8 Å². The first-order chi connectivity index (χ1) is 16.7. The molecule has 0 radical (unpaired) electrons. The molecule has 0 bridgehead atoms. The highest BCUT2D eigenvalue weighted by molar-refractivity contribution is 5.72. The molecule has 1 aliphatic rings. The Balaban J connectivity index is 1.83. The van der Waals surface area contributed by atoms with Crippen LogP contribution in [0.3, 0.4) is 0 Å². The fourth-order valence-corrected chi connectivity index (χ4v) is 3.84. The largest absolute Gasteiger partial charge is 0.497 e. The molecule has 35 heavy (non-hydrogen) atoms. The maximum absolute atomic E-state index is 15.2. The van der Waals surface area contributed by atoms with Crippen LogP contribution in [0, 0.1) is 0 Å². The Morgan fingerprint density at radius 3 is 2.74 bits per heavy atom. The Labute approximate surface area is 198 Å². The molecule has 0 saturated carbocycles. The number of halogens is 1. The van der Waals surface area contributed by atoms with Gasteiger partial charge >= 0.3 is 17.6 Å². The van der Waals surface area contributed by atoms with E-state index in [0.717, 1.165) is 17.1 Å². The first-order valence-corrected chi connectivity index (χ1v) is 10.8. The number of carbonyl (C=O) groups is 2. The van der Waals surface area contributed by atoms with E-state index in [9.17, 15) is 14.4 Å². The molecule has 4 rings (SSSR count). The zero-order valence-electron chi connectivity index (χ0n) is 19.2. The van der Waals surface area contributed by atoms with Gasteiger partial charge in [-0.05, 0) is 17.7 Å². The van der Waals surface area contributed by atoms with Crippen LogP contribution in [0.1, 0.15) is 32.1 Å². The third kappa shape index (κ3) is 4.67. The number of ether oxygens (including phenoxy) is 4. The minimum Gasteiger partial charge on any atom is -0.497 e. The molecule has 1 aromatic carbocycles. The normalized spacial score (nSPS) is 21.7. The molecule has 1 aliphatic heterocycles. The molecule has 186 valence electrons. The fourth-order valence-electron chi connectivity index (χ4n) is 3.84. The Morgan fingerprint density at radius 2 is 2.06 bits per heavy atom. The van der Waals surface area contributed by atoms with Gasteiger partial charge in [-0.1, -0.05) is 19.1 Å². The average molecular weight is 489 g/mol. The van der Waals surface area contributed by atoms with E-state index in [1.54, 1.807) is 24.3 Å². The summed E-state index contributed by atoms with van der Waals surface area (Å²) in [6.07, 6.45) is -5.50. The summed E-state index contributed by atoms with van der Waals surface area (Å²) >= 11 is 0. The van der Waals surface area contributed by atoms with Crippen LogP contribution >= 0.6 is 0 Å². The number of rotatable bonds is 7. The highest BCUT2D eigenvalue weighted by Crippen LogP contribution is 2.35. The van der Waals surface area contributed by atoms with Crippen LogP contribution in [-0.4, -0.2) is 56.7 Å². The van der Waals surface area contributed by atoms with Gasteiger partial charge in [-0.2, -0.15) is 4.98 Å². The number of benzene rings is 1. The predicted octanol–water partition coefficient (Wildman–Crippen LogP) is 1.31. The van der Waals surface area contributed by atoms with Gasteiger partial charge in [0.25, 0.3) is 0 Å². The molecule has 2 N–H and O–H groups in total. The van der Waals surface area contributed by atoms with Gasteiger partial charge in [0.15, 0.2) is 18.0 Å². The minimum atomic E-state index is -2.05. The molecular formula is C22H24FN5O7. The lowest BCUT2D eigenvalue weighted by Gasteiger charge is -2.19. The number of carbonyl (C=O) groups excluding carboxylic acids is 2. The van der Waals surface area contributed by atoms with E-state index >= 15 is 4.39 Å².